The molecule has 20 heavy (non-hydrogen) atoms. The molecule has 1 saturated carbocycles. The van der Waals surface area contributed by atoms with Crippen LogP contribution in [0.2, 0.25) is 0 Å². The number of hydrogen-bond acceptors (Lipinski definition) is 4. The van der Waals surface area contributed by atoms with Gasteiger partial charge in [-0.3, -0.25) is 0 Å². The van der Waals surface area contributed by atoms with Gasteiger partial charge < -0.3 is 10.4 Å². The molecule has 1 fully saturated rings. The van der Waals surface area contributed by atoms with Gasteiger partial charge in [-0.1, -0.05) is 31.4 Å². The van der Waals surface area contributed by atoms with Crippen molar-refractivity contribution in [2.24, 2.45) is 10.6 Å². The summed E-state index contributed by atoms with van der Waals surface area (Å²) in [5.74, 6) is 0. The van der Waals surface area contributed by atoms with E-state index < -0.39 is 10.0 Å². The molecule has 1 aliphatic rings. The van der Waals surface area contributed by atoms with E-state index in [0.29, 0.717) is 12.2 Å². The molecule has 1 aliphatic carbocycles. The fourth-order valence-electron chi connectivity index (χ4n) is 2.84. The fraction of sp³-hybridized carbons (Fsp3) is 0.571. The first kappa shape index (κ1) is 15.3. The zero-order valence-electron chi connectivity index (χ0n) is 11.5. The summed E-state index contributed by atoms with van der Waals surface area (Å²) in [7, 11) is -3.74. The number of benzene rings is 1. The molecule has 1 aromatic rings. The number of aliphatic hydroxyl groups is 1. The molecular formula is C14H22N2O3S. The Hall–Kier alpha value is -1.11. The minimum absolute atomic E-state index is 0.101. The van der Waals surface area contributed by atoms with Crippen LogP contribution < -0.4 is 10.5 Å². The van der Waals surface area contributed by atoms with Gasteiger partial charge in [-0.2, -0.15) is 0 Å². The van der Waals surface area contributed by atoms with Crippen LogP contribution in [0.25, 0.3) is 0 Å². The number of anilines is 1. The highest BCUT2D eigenvalue weighted by Crippen LogP contribution is 2.36. The number of nitrogens with one attached hydrogen (secondary N) is 1. The Balaban J connectivity index is 2.14. The predicted molar refractivity (Wildman–Crippen MR) is 78.9 cm³/mol. The number of hydrogen-bond donors (Lipinski definition) is 3. The predicted octanol–water partition coefficient (Wildman–Crippen LogP) is 1.69. The molecule has 0 spiro atoms. The largest absolute Gasteiger partial charge is 0.396 e. The standard InChI is InChI=1S/C14H22N2O3S/c15-20(18,19)13-7-3-2-6-12(13)16-10-14(11-17)8-4-1-5-9-14/h2-3,6-7,16-17H,1,4-5,8-11H2,(H2,15,18,19). The third-order valence-corrected chi connectivity index (χ3v) is 5.07. The highest BCUT2D eigenvalue weighted by molar-refractivity contribution is 7.89. The third kappa shape index (κ3) is 3.50. The normalized spacial score (nSPS) is 18.7. The maximum atomic E-state index is 11.5. The Labute approximate surface area is 120 Å². The zero-order valence-corrected chi connectivity index (χ0v) is 12.3. The van der Waals surface area contributed by atoms with Gasteiger partial charge in [-0.05, 0) is 25.0 Å². The van der Waals surface area contributed by atoms with Crippen LogP contribution in [0.15, 0.2) is 29.2 Å². The van der Waals surface area contributed by atoms with E-state index in [1.54, 1.807) is 18.2 Å². The Bertz CT molecular complexity index is 551. The van der Waals surface area contributed by atoms with Crippen LogP contribution in [-0.4, -0.2) is 26.7 Å². The van der Waals surface area contributed by atoms with Crippen LogP contribution in [0.4, 0.5) is 5.69 Å². The van der Waals surface area contributed by atoms with Crippen LogP contribution in [0.5, 0.6) is 0 Å². The van der Waals surface area contributed by atoms with E-state index in [2.05, 4.69) is 5.32 Å². The molecular weight excluding hydrogens is 276 g/mol. The van der Waals surface area contributed by atoms with Crippen molar-refractivity contribution in [1.82, 2.24) is 0 Å². The molecule has 112 valence electrons. The highest BCUT2D eigenvalue weighted by atomic mass is 32.2. The maximum absolute atomic E-state index is 11.5. The second kappa shape index (κ2) is 6.11. The first-order valence-electron chi connectivity index (χ1n) is 6.93. The second-order valence-corrected chi connectivity index (χ2v) is 7.14. The molecule has 5 nitrogen and oxygen atoms in total. The maximum Gasteiger partial charge on any atom is 0.240 e. The van der Waals surface area contributed by atoms with Crippen molar-refractivity contribution < 1.29 is 13.5 Å². The van der Waals surface area contributed by atoms with Crippen molar-refractivity contribution in [1.29, 1.82) is 0 Å². The molecule has 0 aromatic heterocycles. The molecule has 0 heterocycles. The van der Waals surface area contributed by atoms with Crippen LogP contribution in [0, 0.1) is 5.41 Å². The van der Waals surface area contributed by atoms with Gasteiger partial charge in [0.05, 0.1) is 12.3 Å². The van der Waals surface area contributed by atoms with Crippen LogP contribution in [0.1, 0.15) is 32.1 Å². The van der Waals surface area contributed by atoms with Gasteiger partial charge in [0.25, 0.3) is 0 Å². The molecule has 0 amide bonds. The third-order valence-electron chi connectivity index (χ3n) is 4.10. The Morgan fingerprint density at radius 1 is 1.20 bits per heavy atom. The summed E-state index contributed by atoms with van der Waals surface area (Å²) in [5, 5.41) is 18.0. The number of aliphatic hydroxyl groups excluding tert-OH is 1. The quantitative estimate of drug-likeness (QED) is 0.771. The Morgan fingerprint density at radius 2 is 1.85 bits per heavy atom. The van der Waals surface area contributed by atoms with Gasteiger partial charge >= 0.3 is 0 Å². The van der Waals surface area contributed by atoms with Gasteiger partial charge in [0.2, 0.25) is 10.0 Å². The van der Waals surface area contributed by atoms with Crippen molar-refractivity contribution in [2.75, 3.05) is 18.5 Å². The van der Waals surface area contributed by atoms with Gasteiger partial charge in [-0.25, -0.2) is 13.6 Å². The summed E-state index contributed by atoms with van der Waals surface area (Å²) >= 11 is 0. The van der Waals surface area contributed by atoms with E-state index in [-0.39, 0.29) is 16.9 Å². The van der Waals surface area contributed by atoms with E-state index in [4.69, 9.17) is 5.14 Å². The summed E-state index contributed by atoms with van der Waals surface area (Å²) in [6.07, 6.45) is 5.36. The molecule has 2 rings (SSSR count). The first-order chi connectivity index (χ1) is 9.47. The minimum atomic E-state index is -3.74. The molecule has 0 bridgehead atoms. The van der Waals surface area contributed by atoms with Crippen molar-refractivity contribution in [3.05, 3.63) is 24.3 Å². The molecule has 1 aromatic carbocycles. The summed E-state index contributed by atoms with van der Waals surface area (Å²) in [6, 6.07) is 6.61. The average Bonchev–Trinajstić information content (AvgIpc) is 2.45. The van der Waals surface area contributed by atoms with E-state index in [1.165, 1.54) is 12.5 Å². The second-order valence-electron chi connectivity index (χ2n) is 5.61. The van der Waals surface area contributed by atoms with Crippen LogP contribution in [-0.2, 0) is 10.0 Å². The Morgan fingerprint density at radius 3 is 2.45 bits per heavy atom. The van der Waals surface area contributed by atoms with Crippen molar-refractivity contribution in [2.45, 2.75) is 37.0 Å². The number of sulfonamides is 1. The van der Waals surface area contributed by atoms with Gasteiger partial charge in [0.15, 0.2) is 0 Å². The lowest BCUT2D eigenvalue weighted by atomic mass is 9.74. The summed E-state index contributed by atoms with van der Waals surface area (Å²) in [4.78, 5) is 0.101. The SMILES string of the molecule is NS(=O)(=O)c1ccccc1NCC1(CO)CCCCC1. The summed E-state index contributed by atoms with van der Waals surface area (Å²) < 4.78 is 23.1. The number of rotatable bonds is 5. The molecule has 0 aliphatic heterocycles. The van der Waals surface area contributed by atoms with E-state index in [9.17, 15) is 13.5 Å². The smallest absolute Gasteiger partial charge is 0.240 e. The molecule has 0 radical (unpaired) electrons. The van der Waals surface area contributed by atoms with E-state index in [1.807, 2.05) is 0 Å². The number of para-hydroxylation sites is 1. The Kier molecular flexibility index (Phi) is 4.67. The number of nitrogens with two attached hydrogens (primary N) is 1. The van der Waals surface area contributed by atoms with Crippen LogP contribution >= 0.6 is 0 Å². The lowest BCUT2D eigenvalue weighted by Crippen LogP contribution is -2.35. The van der Waals surface area contributed by atoms with E-state index >= 15 is 0 Å². The molecule has 6 heteroatoms. The lowest BCUT2D eigenvalue weighted by molar-refractivity contribution is 0.0943. The first-order valence-corrected chi connectivity index (χ1v) is 8.48. The molecule has 0 unspecified atom stereocenters. The van der Waals surface area contributed by atoms with Gasteiger partial charge in [0.1, 0.15) is 4.90 Å². The zero-order chi connectivity index (χ0) is 14.6. The van der Waals surface area contributed by atoms with Crippen molar-refractivity contribution >= 4 is 15.7 Å². The summed E-state index contributed by atoms with van der Waals surface area (Å²) in [6.45, 7) is 0.688. The van der Waals surface area contributed by atoms with E-state index in [0.717, 1.165) is 25.7 Å². The molecule has 0 saturated heterocycles. The lowest BCUT2D eigenvalue weighted by Gasteiger charge is -2.36. The van der Waals surface area contributed by atoms with Crippen molar-refractivity contribution in [3.8, 4) is 0 Å². The topological polar surface area (TPSA) is 92.4 Å². The van der Waals surface area contributed by atoms with Gasteiger partial charge in [-0.15, -0.1) is 0 Å². The van der Waals surface area contributed by atoms with Crippen LogP contribution in [0.3, 0.4) is 0 Å². The average molecular weight is 298 g/mol. The number of primary sulfonamides is 1. The minimum Gasteiger partial charge on any atom is -0.396 e. The molecule has 4 N–H and O–H groups in total. The summed E-state index contributed by atoms with van der Waals surface area (Å²) in [5.41, 5.74) is 0.359. The highest BCUT2D eigenvalue weighted by Gasteiger charge is 2.31. The fourth-order valence-corrected chi connectivity index (χ4v) is 3.55. The van der Waals surface area contributed by atoms with Gasteiger partial charge in [0, 0.05) is 12.0 Å². The van der Waals surface area contributed by atoms with Crippen molar-refractivity contribution in [3.63, 3.8) is 0 Å². The molecule has 0 atom stereocenters. The monoisotopic (exact) mass is 298 g/mol.